The maximum Gasteiger partial charge on any atom is 0.237 e. The van der Waals surface area contributed by atoms with Gasteiger partial charge in [-0.3, -0.25) is 9.69 Å². The van der Waals surface area contributed by atoms with Crippen LogP contribution in [0.1, 0.15) is 32.6 Å². The minimum absolute atomic E-state index is 0.000535. The maximum atomic E-state index is 13.4. The number of piperidine rings is 1. The molecule has 1 saturated heterocycles. The molecule has 2 atom stereocenters. The van der Waals surface area contributed by atoms with Gasteiger partial charge in [0.1, 0.15) is 0 Å². The predicted octanol–water partition coefficient (Wildman–Crippen LogP) is 4.90. The topological polar surface area (TPSA) is 32.3 Å². The van der Waals surface area contributed by atoms with Gasteiger partial charge in [-0.1, -0.05) is 30.7 Å². The third-order valence-corrected chi connectivity index (χ3v) is 5.58. The van der Waals surface area contributed by atoms with E-state index in [0.29, 0.717) is 5.02 Å². The van der Waals surface area contributed by atoms with E-state index in [9.17, 15) is 4.79 Å². The lowest BCUT2D eigenvalue weighted by molar-refractivity contribution is -0.128. The Kier molecular flexibility index (Phi) is 5.57. The Morgan fingerprint density at radius 2 is 2.04 bits per heavy atom. The van der Waals surface area contributed by atoms with Crippen LogP contribution in [0.5, 0.6) is 0 Å². The predicted molar refractivity (Wildman–Crippen MR) is 105 cm³/mol. The summed E-state index contributed by atoms with van der Waals surface area (Å²) in [6, 6.07) is 7.47. The van der Waals surface area contributed by atoms with Gasteiger partial charge in [0.15, 0.2) is 0 Å². The fourth-order valence-corrected chi connectivity index (χ4v) is 4.05. The van der Waals surface area contributed by atoms with Gasteiger partial charge in [0.05, 0.1) is 10.8 Å². The van der Waals surface area contributed by atoms with Gasteiger partial charge in [-0.05, 0) is 69.1 Å². The number of fused-ring (bicyclic) bond motifs is 1. The molecule has 0 bridgehead atoms. The first-order valence-corrected chi connectivity index (χ1v) is 9.56. The Balaban J connectivity index is 1.99. The Hall–Kier alpha value is -1.29. The fraction of sp³-hybridized carbons (Fsp3) is 0.450. The normalized spacial score (nSPS) is 26.2. The number of hydrogen-bond donors (Lipinski definition) is 1. The zero-order valence-corrected chi connectivity index (χ0v) is 16.2. The second-order valence-electron chi connectivity index (χ2n) is 7.09. The van der Waals surface area contributed by atoms with Crippen LogP contribution in [0.15, 0.2) is 47.7 Å². The zero-order chi connectivity index (χ0) is 18.0. The molecular weight excluding hydrogens is 355 g/mol. The van der Waals surface area contributed by atoms with Crippen LogP contribution in [-0.2, 0) is 4.79 Å². The summed E-state index contributed by atoms with van der Waals surface area (Å²) in [4.78, 5) is 15.3. The average Bonchev–Trinajstić information content (AvgIpc) is 2.58. The number of alkyl halides is 1. The summed E-state index contributed by atoms with van der Waals surface area (Å²) in [7, 11) is 1.94. The van der Waals surface area contributed by atoms with Crippen LogP contribution in [-0.4, -0.2) is 24.9 Å². The Morgan fingerprint density at radius 1 is 1.32 bits per heavy atom. The largest absolute Gasteiger partial charge is 0.320 e. The lowest BCUT2D eigenvalue weighted by Gasteiger charge is -2.43. The monoisotopic (exact) mass is 378 g/mol. The first-order valence-electron chi connectivity index (χ1n) is 8.74. The number of allylic oxidation sites excluding steroid dienone is 3. The highest BCUT2D eigenvalue weighted by Gasteiger charge is 2.44. The molecule has 0 aromatic heterocycles. The number of nitrogens with one attached hydrogen (secondary N) is 1. The van der Waals surface area contributed by atoms with Crippen molar-refractivity contribution in [3.63, 3.8) is 0 Å². The summed E-state index contributed by atoms with van der Waals surface area (Å²) in [5, 5.41) is 3.83. The molecule has 134 valence electrons. The molecule has 2 aliphatic rings. The van der Waals surface area contributed by atoms with Crippen molar-refractivity contribution in [3.05, 3.63) is 52.7 Å². The molecule has 0 radical (unpaired) electrons. The summed E-state index contributed by atoms with van der Waals surface area (Å²) in [6.07, 6.45) is 7.50. The van der Waals surface area contributed by atoms with Crippen molar-refractivity contribution in [1.29, 1.82) is 0 Å². The molecule has 1 heterocycles. The van der Waals surface area contributed by atoms with Gasteiger partial charge in [0.25, 0.3) is 0 Å². The van der Waals surface area contributed by atoms with Gasteiger partial charge in [-0.15, -0.1) is 11.6 Å². The maximum absolute atomic E-state index is 13.4. The number of hydrogen-bond acceptors (Lipinski definition) is 2. The minimum atomic E-state index is -0.423. The highest BCUT2D eigenvalue weighted by Crippen LogP contribution is 2.46. The quantitative estimate of drug-likeness (QED) is 0.583. The molecule has 2 unspecified atom stereocenters. The van der Waals surface area contributed by atoms with Crippen molar-refractivity contribution in [2.75, 3.05) is 18.5 Å². The summed E-state index contributed by atoms with van der Waals surface area (Å²) in [5.74, 6) is 0.155. The van der Waals surface area contributed by atoms with E-state index in [1.807, 2.05) is 36.2 Å². The number of benzene rings is 1. The van der Waals surface area contributed by atoms with Crippen LogP contribution in [0.25, 0.3) is 0 Å². The summed E-state index contributed by atoms with van der Waals surface area (Å²) >= 11 is 12.4. The van der Waals surface area contributed by atoms with Crippen molar-refractivity contribution in [1.82, 2.24) is 5.32 Å². The second kappa shape index (κ2) is 7.53. The van der Waals surface area contributed by atoms with E-state index in [0.717, 1.165) is 43.6 Å². The Labute approximate surface area is 159 Å². The number of amides is 1. The molecule has 1 aromatic carbocycles. The number of halogens is 2. The molecular formula is C20H24Cl2N2O. The van der Waals surface area contributed by atoms with Crippen LogP contribution < -0.4 is 10.2 Å². The molecule has 1 fully saturated rings. The highest BCUT2D eigenvalue weighted by molar-refractivity contribution is 6.30. The van der Waals surface area contributed by atoms with Gasteiger partial charge in [0, 0.05) is 16.4 Å². The first kappa shape index (κ1) is 18.5. The molecule has 0 spiro atoms. The van der Waals surface area contributed by atoms with Crippen molar-refractivity contribution in [2.45, 2.75) is 38.0 Å². The molecule has 3 rings (SSSR count). The van der Waals surface area contributed by atoms with E-state index in [1.165, 1.54) is 5.57 Å². The van der Waals surface area contributed by atoms with Crippen LogP contribution in [0.4, 0.5) is 5.69 Å². The average molecular weight is 379 g/mol. The van der Waals surface area contributed by atoms with Crippen molar-refractivity contribution >= 4 is 34.8 Å². The summed E-state index contributed by atoms with van der Waals surface area (Å²) in [5.41, 5.74) is 2.59. The lowest BCUT2D eigenvalue weighted by Crippen LogP contribution is -2.48. The number of carbonyl (C=O) groups is 1. The van der Waals surface area contributed by atoms with Crippen molar-refractivity contribution in [3.8, 4) is 0 Å². The van der Waals surface area contributed by atoms with Gasteiger partial charge in [-0.2, -0.15) is 0 Å². The summed E-state index contributed by atoms with van der Waals surface area (Å²) < 4.78 is 0. The number of rotatable bonds is 5. The van der Waals surface area contributed by atoms with E-state index in [-0.39, 0.29) is 11.3 Å². The van der Waals surface area contributed by atoms with Gasteiger partial charge >= 0.3 is 0 Å². The highest BCUT2D eigenvalue weighted by atomic mass is 35.5. The lowest BCUT2D eigenvalue weighted by atomic mass is 9.73. The van der Waals surface area contributed by atoms with Gasteiger partial charge in [0.2, 0.25) is 5.91 Å². The van der Waals surface area contributed by atoms with E-state index in [2.05, 4.69) is 24.4 Å². The van der Waals surface area contributed by atoms with Gasteiger partial charge in [-0.25, -0.2) is 0 Å². The van der Waals surface area contributed by atoms with Crippen LogP contribution >= 0.6 is 23.2 Å². The van der Waals surface area contributed by atoms with Gasteiger partial charge < -0.3 is 5.32 Å². The molecule has 25 heavy (non-hydrogen) atoms. The molecule has 1 aliphatic heterocycles. The number of nitrogens with zero attached hydrogens (tertiary/aromatic N) is 1. The molecule has 1 aliphatic carbocycles. The third kappa shape index (κ3) is 3.79. The van der Waals surface area contributed by atoms with Crippen LogP contribution in [0, 0.1) is 5.41 Å². The smallest absolute Gasteiger partial charge is 0.237 e. The van der Waals surface area contributed by atoms with Crippen molar-refractivity contribution < 1.29 is 4.79 Å². The SMILES string of the molecule is CNCCCC1(C)CC2=CC(Cl)CC=C2N(c2ccc(Cl)cc2)C1=O. The Bertz CT molecular complexity index is 711. The molecule has 0 saturated carbocycles. The van der Waals surface area contributed by atoms with Crippen LogP contribution in [0.2, 0.25) is 5.02 Å². The summed E-state index contributed by atoms with van der Waals surface area (Å²) in [6.45, 7) is 2.98. The number of anilines is 1. The number of carbonyl (C=O) groups excluding carboxylic acids is 1. The minimum Gasteiger partial charge on any atom is -0.320 e. The molecule has 3 nitrogen and oxygen atoms in total. The zero-order valence-electron chi connectivity index (χ0n) is 14.7. The third-order valence-electron chi connectivity index (χ3n) is 5.03. The van der Waals surface area contributed by atoms with E-state index >= 15 is 0 Å². The first-order chi connectivity index (χ1) is 11.9. The standard InChI is InChI=1S/C20H24Cl2N2O/c1-20(10-3-11-23-2)13-14-12-16(22)6-9-18(14)24(19(20)25)17-7-4-15(21)5-8-17/h4-5,7-9,12,16,23H,3,6,10-11,13H2,1-2H3. The van der Waals surface area contributed by atoms with Crippen molar-refractivity contribution in [2.24, 2.45) is 5.41 Å². The fourth-order valence-electron chi connectivity index (χ4n) is 3.68. The second-order valence-corrected chi connectivity index (χ2v) is 8.09. The van der Waals surface area contributed by atoms with E-state index in [1.54, 1.807) is 0 Å². The van der Waals surface area contributed by atoms with E-state index < -0.39 is 5.41 Å². The Morgan fingerprint density at radius 3 is 2.72 bits per heavy atom. The molecule has 1 aromatic rings. The molecule has 5 heteroatoms. The molecule has 1 amide bonds. The molecule has 1 N–H and O–H groups in total. The van der Waals surface area contributed by atoms with Crippen LogP contribution in [0.3, 0.4) is 0 Å². The van der Waals surface area contributed by atoms with E-state index in [4.69, 9.17) is 23.2 Å².